The highest BCUT2D eigenvalue weighted by atomic mass is 32.2. The van der Waals surface area contributed by atoms with Crippen molar-refractivity contribution in [1.82, 2.24) is 4.98 Å². The molecule has 100 valence electrons. The Labute approximate surface area is 119 Å². The summed E-state index contributed by atoms with van der Waals surface area (Å²) in [5.74, 6) is 1.94. The van der Waals surface area contributed by atoms with Gasteiger partial charge in [-0.05, 0) is 50.1 Å². The SMILES string of the molecule is CCNc1cc(CSc2ccc(C)cc2C)ccn1. The van der Waals surface area contributed by atoms with Gasteiger partial charge in [-0.2, -0.15) is 0 Å². The monoisotopic (exact) mass is 272 g/mol. The molecule has 0 amide bonds. The number of pyridine rings is 1. The van der Waals surface area contributed by atoms with Gasteiger partial charge in [0.05, 0.1) is 0 Å². The number of aromatic nitrogens is 1. The summed E-state index contributed by atoms with van der Waals surface area (Å²) in [4.78, 5) is 5.65. The Hall–Kier alpha value is -1.48. The summed E-state index contributed by atoms with van der Waals surface area (Å²) in [6.45, 7) is 7.29. The lowest BCUT2D eigenvalue weighted by molar-refractivity contribution is 1.15. The molecule has 2 rings (SSSR count). The molecule has 2 aromatic rings. The Kier molecular flexibility index (Phi) is 4.86. The van der Waals surface area contributed by atoms with Crippen LogP contribution in [0, 0.1) is 13.8 Å². The smallest absolute Gasteiger partial charge is 0.126 e. The topological polar surface area (TPSA) is 24.9 Å². The Morgan fingerprint density at radius 2 is 2.00 bits per heavy atom. The summed E-state index contributed by atoms with van der Waals surface area (Å²) in [6, 6.07) is 10.8. The Balaban J connectivity index is 2.03. The van der Waals surface area contributed by atoms with Crippen LogP contribution in [0.3, 0.4) is 0 Å². The van der Waals surface area contributed by atoms with Crippen LogP contribution in [0.4, 0.5) is 5.82 Å². The summed E-state index contributed by atoms with van der Waals surface area (Å²) in [7, 11) is 0. The van der Waals surface area contributed by atoms with Crippen LogP contribution in [0.5, 0.6) is 0 Å². The lowest BCUT2D eigenvalue weighted by Crippen LogP contribution is -1.99. The van der Waals surface area contributed by atoms with Crippen LogP contribution in [0.25, 0.3) is 0 Å². The first-order valence-corrected chi connectivity index (χ1v) is 7.56. The maximum absolute atomic E-state index is 4.29. The molecule has 2 nitrogen and oxygen atoms in total. The number of nitrogens with one attached hydrogen (secondary N) is 1. The molecule has 0 saturated heterocycles. The Morgan fingerprint density at radius 3 is 2.74 bits per heavy atom. The van der Waals surface area contributed by atoms with Crippen LogP contribution in [-0.2, 0) is 5.75 Å². The van der Waals surface area contributed by atoms with Crippen LogP contribution in [0.2, 0.25) is 0 Å². The molecule has 0 bridgehead atoms. The van der Waals surface area contributed by atoms with Crippen LogP contribution < -0.4 is 5.32 Å². The van der Waals surface area contributed by atoms with E-state index in [-0.39, 0.29) is 0 Å². The van der Waals surface area contributed by atoms with Gasteiger partial charge >= 0.3 is 0 Å². The van der Waals surface area contributed by atoms with Crippen molar-refractivity contribution in [2.75, 3.05) is 11.9 Å². The molecule has 1 aromatic carbocycles. The van der Waals surface area contributed by atoms with Gasteiger partial charge < -0.3 is 5.32 Å². The van der Waals surface area contributed by atoms with Crippen LogP contribution >= 0.6 is 11.8 Å². The van der Waals surface area contributed by atoms with Crippen molar-refractivity contribution >= 4 is 17.6 Å². The third kappa shape index (κ3) is 4.00. The largest absolute Gasteiger partial charge is 0.370 e. The average molecular weight is 272 g/mol. The van der Waals surface area contributed by atoms with Crippen molar-refractivity contribution in [2.24, 2.45) is 0 Å². The minimum Gasteiger partial charge on any atom is -0.370 e. The minimum atomic E-state index is 0.903. The first kappa shape index (κ1) is 13.9. The lowest BCUT2D eigenvalue weighted by atomic mass is 10.2. The van der Waals surface area contributed by atoms with Crippen LogP contribution in [-0.4, -0.2) is 11.5 Å². The molecule has 19 heavy (non-hydrogen) atoms. The highest BCUT2D eigenvalue weighted by Gasteiger charge is 2.01. The standard InChI is InChI=1S/C16H20N2S/c1-4-17-16-10-14(7-8-18-16)11-19-15-6-5-12(2)9-13(15)3/h5-10H,4,11H2,1-3H3,(H,17,18). The molecule has 0 fully saturated rings. The molecule has 0 spiro atoms. The zero-order valence-corrected chi connectivity index (χ0v) is 12.6. The van der Waals surface area contributed by atoms with Crippen molar-refractivity contribution < 1.29 is 0 Å². The van der Waals surface area contributed by atoms with E-state index < -0.39 is 0 Å². The predicted octanol–water partition coefficient (Wildman–Crippen LogP) is 4.42. The van der Waals surface area contributed by atoms with E-state index in [1.165, 1.54) is 21.6 Å². The molecule has 1 aromatic heterocycles. The third-order valence-corrected chi connectivity index (χ3v) is 4.15. The van der Waals surface area contributed by atoms with Gasteiger partial charge in [0.25, 0.3) is 0 Å². The summed E-state index contributed by atoms with van der Waals surface area (Å²) in [5.41, 5.74) is 3.97. The number of rotatable bonds is 5. The van der Waals surface area contributed by atoms with E-state index in [1.807, 2.05) is 18.0 Å². The van der Waals surface area contributed by atoms with Gasteiger partial charge in [0.2, 0.25) is 0 Å². The molecular weight excluding hydrogens is 252 g/mol. The molecule has 0 atom stereocenters. The highest BCUT2D eigenvalue weighted by molar-refractivity contribution is 7.98. The quantitative estimate of drug-likeness (QED) is 0.815. The lowest BCUT2D eigenvalue weighted by Gasteiger charge is -2.08. The maximum Gasteiger partial charge on any atom is 0.126 e. The zero-order chi connectivity index (χ0) is 13.7. The highest BCUT2D eigenvalue weighted by Crippen LogP contribution is 2.27. The summed E-state index contributed by atoms with van der Waals surface area (Å²) in [6.07, 6.45) is 1.87. The second-order valence-corrected chi connectivity index (χ2v) is 5.65. The van der Waals surface area contributed by atoms with Gasteiger partial charge in [0, 0.05) is 23.4 Å². The van der Waals surface area contributed by atoms with Crippen molar-refractivity contribution in [2.45, 2.75) is 31.4 Å². The average Bonchev–Trinajstić information content (AvgIpc) is 2.38. The molecule has 0 saturated carbocycles. The number of nitrogens with zero attached hydrogens (tertiary/aromatic N) is 1. The summed E-state index contributed by atoms with van der Waals surface area (Å²) in [5, 5.41) is 3.24. The first-order chi connectivity index (χ1) is 9.19. The first-order valence-electron chi connectivity index (χ1n) is 6.58. The van der Waals surface area contributed by atoms with Gasteiger partial charge in [0.15, 0.2) is 0 Å². The van der Waals surface area contributed by atoms with Gasteiger partial charge in [0.1, 0.15) is 5.82 Å². The Morgan fingerprint density at radius 1 is 1.16 bits per heavy atom. The van der Waals surface area contributed by atoms with Gasteiger partial charge in [-0.3, -0.25) is 0 Å². The number of hydrogen-bond donors (Lipinski definition) is 1. The van der Waals surface area contributed by atoms with E-state index in [9.17, 15) is 0 Å². The van der Waals surface area contributed by atoms with E-state index in [1.54, 1.807) is 0 Å². The molecule has 1 heterocycles. The number of thioether (sulfide) groups is 1. The van der Waals surface area contributed by atoms with E-state index in [2.05, 4.69) is 61.4 Å². The van der Waals surface area contributed by atoms with Crippen molar-refractivity contribution in [3.63, 3.8) is 0 Å². The van der Waals surface area contributed by atoms with E-state index in [0.29, 0.717) is 0 Å². The van der Waals surface area contributed by atoms with Crippen molar-refractivity contribution in [1.29, 1.82) is 0 Å². The minimum absolute atomic E-state index is 0.903. The second-order valence-electron chi connectivity index (χ2n) is 4.64. The molecule has 0 aliphatic rings. The van der Waals surface area contributed by atoms with E-state index >= 15 is 0 Å². The zero-order valence-electron chi connectivity index (χ0n) is 11.7. The molecule has 3 heteroatoms. The summed E-state index contributed by atoms with van der Waals surface area (Å²) < 4.78 is 0. The number of benzene rings is 1. The van der Waals surface area contributed by atoms with E-state index in [0.717, 1.165) is 18.1 Å². The van der Waals surface area contributed by atoms with Gasteiger partial charge in [-0.15, -0.1) is 11.8 Å². The normalized spacial score (nSPS) is 10.5. The fourth-order valence-electron chi connectivity index (χ4n) is 1.96. The van der Waals surface area contributed by atoms with Crippen LogP contribution in [0.1, 0.15) is 23.6 Å². The molecular formula is C16H20N2S. The fraction of sp³-hybridized carbons (Fsp3) is 0.312. The Bertz CT molecular complexity index is 552. The maximum atomic E-state index is 4.29. The van der Waals surface area contributed by atoms with Crippen LogP contribution in [0.15, 0.2) is 41.4 Å². The molecule has 0 aliphatic heterocycles. The molecule has 0 aliphatic carbocycles. The molecule has 0 unspecified atom stereocenters. The van der Waals surface area contributed by atoms with Gasteiger partial charge in [-0.1, -0.05) is 17.7 Å². The number of aryl methyl sites for hydroxylation is 2. The third-order valence-electron chi connectivity index (χ3n) is 2.91. The predicted molar refractivity (Wildman–Crippen MR) is 83.9 cm³/mol. The van der Waals surface area contributed by atoms with Crippen molar-refractivity contribution in [3.05, 3.63) is 53.2 Å². The van der Waals surface area contributed by atoms with Crippen molar-refractivity contribution in [3.8, 4) is 0 Å². The second kappa shape index (κ2) is 6.62. The molecule has 0 radical (unpaired) electrons. The number of hydrogen-bond acceptors (Lipinski definition) is 3. The van der Waals surface area contributed by atoms with E-state index in [4.69, 9.17) is 0 Å². The summed E-state index contributed by atoms with van der Waals surface area (Å²) >= 11 is 1.88. The fourth-order valence-corrected chi connectivity index (χ4v) is 2.92. The number of anilines is 1. The molecule has 1 N–H and O–H groups in total. The van der Waals surface area contributed by atoms with Gasteiger partial charge in [-0.25, -0.2) is 4.98 Å².